The highest BCUT2D eigenvalue weighted by molar-refractivity contribution is 6.48. The highest BCUT2D eigenvalue weighted by Gasteiger charge is 2.46. The smallest absolute Gasteiger partial charge is 0.327 e. The van der Waals surface area contributed by atoms with Crippen molar-refractivity contribution in [3.8, 4) is 11.1 Å². The normalized spacial score (nSPS) is 13.7. The van der Waals surface area contributed by atoms with E-state index in [1.807, 2.05) is 12.1 Å². The Bertz CT molecular complexity index is 1060. The molecule has 0 spiro atoms. The average molecular weight is 345 g/mol. The highest BCUT2D eigenvalue weighted by atomic mass is 16.2. The van der Waals surface area contributed by atoms with E-state index in [0.717, 1.165) is 11.0 Å². The molecule has 1 nitrogen and oxygen atoms in total. The fourth-order valence-corrected chi connectivity index (χ4v) is 4.63. The third-order valence-corrected chi connectivity index (χ3v) is 5.65. The molecule has 0 unspecified atom stereocenters. The maximum absolute atomic E-state index is 9.91. The van der Waals surface area contributed by atoms with Crippen LogP contribution >= 0.6 is 0 Å². The Labute approximate surface area is 160 Å². The Kier molecular flexibility index (Phi) is 3.73. The van der Waals surface area contributed by atoms with Gasteiger partial charge in [-0.2, -0.15) is 0 Å². The van der Waals surface area contributed by atoms with Gasteiger partial charge >= 0.3 is 7.48 Å². The van der Waals surface area contributed by atoms with Gasteiger partial charge in [0.25, 0.3) is 0 Å². The first-order valence-electron chi connectivity index (χ1n) is 9.19. The van der Waals surface area contributed by atoms with Crippen LogP contribution in [0, 0.1) is 0 Å². The second-order valence-electron chi connectivity index (χ2n) is 6.93. The molecule has 4 aromatic rings. The van der Waals surface area contributed by atoms with Crippen molar-refractivity contribution in [1.29, 1.82) is 0 Å². The van der Waals surface area contributed by atoms with Gasteiger partial charge in [-0.1, -0.05) is 103 Å². The van der Waals surface area contributed by atoms with E-state index < -0.39 is 5.41 Å². The predicted octanol–water partition coefficient (Wildman–Crippen LogP) is 4.29. The van der Waals surface area contributed by atoms with Crippen molar-refractivity contribution < 1.29 is 5.02 Å². The monoisotopic (exact) mass is 345 g/mol. The van der Waals surface area contributed by atoms with Gasteiger partial charge in [-0.25, -0.2) is 0 Å². The van der Waals surface area contributed by atoms with Gasteiger partial charge in [0.1, 0.15) is 0 Å². The Balaban J connectivity index is 1.99. The lowest BCUT2D eigenvalue weighted by atomic mass is 9.67. The van der Waals surface area contributed by atoms with Crippen LogP contribution in [0.5, 0.6) is 0 Å². The second-order valence-corrected chi connectivity index (χ2v) is 6.93. The summed E-state index contributed by atoms with van der Waals surface area (Å²) in [5.41, 5.74) is 7.69. The molecule has 0 fully saturated rings. The summed E-state index contributed by atoms with van der Waals surface area (Å²) in [6.07, 6.45) is 0. The summed E-state index contributed by atoms with van der Waals surface area (Å²) in [6.45, 7) is 0. The fraction of sp³-hybridized carbons (Fsp3) is 0.0400. The van der Waals surface area contributed by atoms with Crippen LogP contribution in [0.2, 0.25) is 0 Å². The Morgan fingerprint density at radius 1 is 0.556 bits per heavy atom. The molecule has 0 aromatic heterocycles. The lowest BCUT2D eigenvalue weighted by Crippen LogP contribution is -2.29. The van der Waals surface area contributed by atoms with E-state index >= 15 is 0 Å². The molecule has 0 saturated carbocycles. The lowest BCUT2D eigenvalue weighted by Gasteiger charge is -2.33. The van der Waals surface area contributed by atoms with Crippen molar-refractivity contribution in [2.75, 3.05) is 0 Å². The molecular formula is C25H18BO. The van der Waals surface area contributed by atoms with Crippen LogP contribution in [0.4, 0.5) is 0 Å². The summed E-state index contributed by atoms with van der Waals surface area (Å²) in [7, 11) is 1.22. The van der Waals surface area contributed by atoms with Crippen molar-refractivity contribution in [3.05, 3.63) is 125 Å². The van der Waals surface area contributed by atoms with Gasteiger partial charge in [0.05, 0.1) is 5.41 Å². The quantitative estimate of drug-likeness (QED) is 0.484. The number of benzene rings is 4. The average Bonchev–Trinajstić information content (AvgIpc) is 3.06. The Hall–Kier alpha value is -3.10. The maximum Gasteiger partial charge on any atom is 0.327 e. The largest absolute Gasteiger partial charge is 0.450 e. The minimum atomic E-state index is -0.395. The van der Waals surface area contributed by atoms with E-state index in [9.17, 15) is 5.02 Å². The molecule has 127 valence electrons. The molecule has 0 atom stereocenters. The molecule has 0 heterocycles. The Morgan fingerprint density at radius 3 is 1.74 bits per heavy atom. The van der Waals surface area contributed by atoms with E-state index in [2.05, 4.69) is 91.0 Å². The van der Waals surface area contributed by atoms with Crippen molar-refractivity contribution >= 4 is 12.9 Å². The lowest BCUT2D eigenvalue weighted by molar-refractivity contribution is 0.615. The zero-order chi connectivity index (χ0) is 18.3. The second kappa shape index (κ2) is 6.26. The van der Waals surface area contributed by atoms with Crippen molar-refractivity contribution in [2.45, 2.75) is 5.41 Å². The number of hydrogen-bond donors (Lipinski definition) is 1. The van der Waals surface area contributed by atoms with Gasteiger partial charge in [-0.15, -0.1) is 0 Å². The first-order chi connectivity index (χ1) is 13.4. The first-order valence-corrected chi connectivity index (χ1v) is 9.19. The SMILES string of the molecule is O[B]c1cccc2c1-c1ccccc1C2(c1ccccc1)c1ccccc1. The van der Waals surface area contributed by atoms with Gasteiger partial charge in [0.2, 0.25) is 0 Å². The van der Waals surface area contributed by atoms with Gasteiger partial charge in [-0.3, -0.25) is 0 Å². The first kappa shape index (κ1) is 16.1. The van der Waals surface area contributed by atoms with Gasteiger partial charge in [0, 0.05) is 0 Å². The minimum absolute atomic E-state index is 0.395. The zero-order valence-electron chi connectivity index (χ0n) is 14.8. The van der Waals surface area contributed by atoms with Gasteiger partial charge in [-0.05, 0) is 38.8 Å². The van der Waals surface area contributed by atoms with Crippen LogP contribution in [0.3, 0.4) is 0 Å². The van der Waals surface area contributed by atoms with Crippen LogP contribution in [-0.2, 0) is 5.41 Å². The van der Waals surface area contributed by atoms with Crippen LogP contribution in [0.1, 0.15) is 22.3 Å². The van der Waals surface area contributed by atoms with Crippen LogP contribution in [0.25, 0.3) is 11.1 Å². The van der Waals surface area contributed by atoms with E-state index in [0.29, 0.717) is 0 Å². The zero-order valence-corrected chi connectivity index (χ0v) is 14.8. The minimum Gasteiger partial charge on any atom is -0.450 e. The molecule has 0 aliphatic heterocycles. The van der Waals surface area contributed by atoms with Gasteiger partial charge in [0.15, 0.2) is 0 Å². The molecule has 1 aliphatic carbocycles. The standard InChI is InChI=1S/C25H18BO/c27-26-23-17-9-16-22-24(23)20-14-7-8-15-21(20)25(22,18-10-3-1-4-11-18)19-12-5-2-6-13-19/h1-17,27H. The number of fused-ring (bicyclic) bond motifs is 3. The molecule has 27 heavy (non-hydrogen) atoms. The molecule has 0 amide bonds. The maximum atomic E-state index is 9.91. The fourth-order valence-electron chi connectivity index (χ4n) is 4.63. The van der Waals surface area contributed by atoms with Crippen molar-refractivity contribution in [2.24, 2.45) is 0 Å². The van der Waals surface area contributed by atoms with Crippen molar-refractivity contribution in [3.63, 3.8) is 0 Å². The van der Waals surface area contributed by atoms with E-state index in [1.54, 1.807) is 0 Å². The van der Waals surface area contributed by atoms with Crippen LogP contribution < -0.4 is 5.46 Å². The van der Waals surface area contributed by atoms with Crippen molar-refractivity contribution in [1.82, 2.24) is 0 Å². The summed E-state index contributed by atoms with van der Waals surface area (Å²) >= 11 is 0. The van der Waals surface area contributed by atoms with E-state index in [4.69, 9.17) is 0 Å². The molecule has 1 N–H and O–H groups in total. The summed E-state index contributed by atoms with van der Waals surface area (Å²) in [4.78, 5) is 0. The van der Waals surface area contributed by atoms with E-state index in [-0.39, 0.29) is 0 Å². The molecule has 2 heteroatoms. The van der Waals surface area contributed by atoms with Crippen LogP contribution in [-0.4, -0.2) is 12.5 Å². The summed E-state index contributed by atoms with van der Waals surface area (Å²) in [6, 6.07) is 36.1. The molecular weight excluding hydrogens is 327 g/mol. The van der Waals surface area contributed by atoms with Gasteiger partial charge < -0.3 is 5.02 Å². The number of rotatable bonds is 3. The summed E-state index contributed by atoms with van der Waals surface area (Å²) in [5.74, 6) is 0. The summed E-state index contributed by atoms with van der Waals surface area (Å²) in [5, 5.41) is 9.91. The van der Waals surface area contributed by atoms with Crippen LogP contribution in [0.15, 0.2) is 103 Å². The molecule has 4 aromatic carbocycles. The molecule has 0 bridgehead atoms. The third-order valence-electron chi connectivity index (χ3n) is 5.65. The summed E-state index contributed by atoms with van der Waals surface area (Å²) < 4.78 is 0. The van der Waals surface area contributed by atoms with E-state index in [1.165, 1.54) is 35.3 Å². The molecule has 5 rings (SSSR count). The number of hydrogen-bond acceptors (Lipinski definition) is 1. The molecule has 0 saturated heterocycles. The molecule has 1 aliphatic rings. The Morgan fingerprint density at radius 2 is 1.11 bits per heavy atom. The molecule has 1 radical (unpaired) electrons. The highest BCUT2D eigenvalue weighted by Crippen LogP contribution is 2.55. The third kappa shape index (κ3) is 2.17. The predicted molar refractivity (Wildman–Crippen MR) is 111 cm³/mol. The topological polar surface area (TPSA) is 20.2 Å².